The van der Waals surface area contributed by atoms with E-state index in [1.165, 1.54) is 18.3 Å². The number of rotatable bonds is 7. The fraction of sp³-hybridized carbons (Fsp3) is 0.474. The van der Waals surface area contributed by atoms with Crippen LogP contribution in [-0.4, -0.2) is 43.4 Å². The zero-order valence-electron chi connectivity index (χ0n) is 14.9. The Bertz CT molecular complexity index is 713. The first-order chi connectivity index (χ1) is 12.7. The SMILES string of the molecule is COCCCOc1ccnc(-c2cc(F)c(N3CCCCC3)c(F)c2)n1. The van der Waals surface area contributed by atoms with Gasteiger partial charge in [-0.1, -0.05) is 0 Å². The molecule has 3 rings (SSSR count). The van der Waals surface area contributed by atoms with Gasteiger partial charge >= 0.3 is 0 Å². The molecule has 0 bridgehead atoms. The van der Waals surface area contributed by atoms with Gasteiger partial charge in [-0.15, -0.1) is 0 Å². The fourth-order valence-corrected chi connectivity index (χ4v) is 3.06. The monoisotopic (exact) mass is 363 g/mol. The molecule has 1 fully saturated rings. The summed E-state index contributed by atoms with van der Waals surface area (Å²) in [7, 11) is 1.62. The Labute approximate surface area is 152 Å². The van der Waals surface area contributed by atoms with E-state index < -0.39 is 11.6 Å². The Morgan fingerprint density at radius 1 is 1.08 bits per heavy atom. The lowest BCUT2D eigenvalue weighted by Crippen LogP contribution is -2.31. The van der Waals surface area contributed by atoms with Gasteiger partial charge in [0, 0.05) is 51.1 Å². The molecule has 1 aliphatic heterocycles. The standard InChI is InChI=1S/C19H23F2N3O2/c1-25-10-5-11-26-17-6-7-22-19(23-17)14-12-15(20)18(16(21)13-14)24-8-3-2-4-9-24/h6-7,12-13H,2-5,8-11H2,1H3. The van der Waals surface area contributed by atoms with Gasteiger partial charge in [-0.05, 0) is 31.4 Å². The Morgan fingerprint density at radius 2 is 1.81 bits per heavy atom. The minimum Gasteiger partial charge on any atom is -0.477 e. The molecule has 2 heterocycles. The minimum absolute atomic E-state index is 0.0421. The van der Waals surface area contributed by atoms with Gasteiger partial charge in [-0.25, -0.2) is 13.8 Å². The van der Waals surface area contributed by atoms with Gasteiger partial charge in [0.1, 0.15) is 17.3 Å². The first-order valence-corrected chi connectivity index (χ1v) is 8.88. The average molecular weight is 363 g/mol. The molecule has 0 radical (unpaired) electrons. The lowest BCUT2D eigenvalue weighted by molar-refractivity contribution is 0.170. The van der Waals surface area contributed by atoms with Gasteiger partial charge in [-0.2, -0.15) is 4.98 Å². The predicted octanol–water partition coefficient (Wildman–Crippen LogP) is 3.83. The number of piperidine rings is 1. The van der Waals surface area contributed by atoms with E-state index in [0.717, 1.165) is 25.7 Å². The Hall–Kier alpha value is -2.28. The minimum atomic E-state index is -0.586. The highest BCUT2D eigenvalue weighted by Gasteiger charge is 2.21. The van der Waals surface area contributed by atoms with E-state index in [1.807, 2.05) is 0 Å². The van der Waals surface area contributed by atoms with Gasteiger partial charge in [0.05, 0.1) is 6.61 Å². The molecule has 0 atom stereocenters. The number of anilines is 1. The van der Waals surface area contributed by atoms with Crippen LogP contribution in [0.4, 0.5) is 14.5 Å². The molecule has 1 aliphatic rings. The fourth-order valence-electron chi connectivity index (χ4n) is 3.06. The van der Waals surface area contributed by atoms with Crippen LogP contribution in [0.3, 0.4) is 0 Å². The summed E-state index contributed by atoms with van der Waals surface area (Å²) in [5, 5.41) is 0. The summed E-state index contributed by atoms with van der Waals surface area (Å²) >= 11 is 0. The maximum absolute atomic E-state index is 14.6. The number of halogens is 2. The Morgan fingerprint density at radius 3 is 2.50 bits per heavy atom. The molecular formula is C19H23F2N3O2. The molecule has 0 N–H and O–H groups in total. The lowest BCUT2D eigenvalue weighted by Gasteiger charge is -2.29. The van der Waals surface area contributed by atoms with E-state index in [9.17, 15) is 8.78 Å². The topological polar surface area (TPSA) is 47.5 Å². The second-order valence-electron chi connectivity index (χ2n) is 6.25. The zero-order valence-corrected chi connectivity index (χ0v) is 14.9. The largest absolute Gasteiger partial charge is 0.477 e. The molecule has 0 amide bonds. The first-order valence-electron chi connectivity index (χ1n) is 8.88. The van der Waals surface area contributed by atoms with Crippen LogP contribution in [0.1, 0.15) is 25.7 Å². The van der Waals surface area contributed by atoms with E-state index in [2.05, 4.69) is 9.97 Å². The number of aromatic nitrogens is 2. The molecule has 7 heteroatoms. The van der Waals surface area contributed by atoms with Gasteiger partial charge in [0.25, 0.3) is 0 Å². The molecule has 1 saturated heterocycles. The molecule has 0 spiro atoms. The molecule has 0 aliphatic carbocycles. The molecule has 0 saturated carbocycles. The molecule has 1 aromatic heterocycles. The zero-order chi connectivity index (χ0) is 18.4. The van der Waals surface area contributed by atoms with E-state index in [4.69, 9.17) is 9.47 Å². The summed E-state index contributed by atoms with van der Waals surface area (Å²) in [6, 6.07) is 4.19. The number of nitrogens with zero attached hydrogens (tertiary/aromatic N) is 3. The van der Waals surface area contributed by atoms with Crippen molar-refractivity contribution in [2.45, 2.75) is 25.7 Å². The number of hydrogen-bond donors (Lipinski definition) is 0. The summed E-state index contributed by atoms with van der Waals surface area (Å²) < 4.78 is 39.7. The van der Waals surface area contributed by atoms with Crippen LogP contribution < -0.4 is 9.64 Å². The van der Waals surface area contributed by atoms with Crippen molar-refractivity contribution < 1.29 is 18.3 Å². The first kappa shape index (κ1) is 18.5. The summed E-state index contributed by atoms with van der Waals surface area (Å²) in [6.45, 7) is 2.39. The third-order valence-corrected chi connectivity index (χ3v) is 4.32. The van der Waals surface area contributed by atoms with Crippen molar-refractivity contribution in [3.8, 4) is 17.3 Å². The molecule has 2 aromatic rings. The van der Waals surface area contributed by atoms with Gasteiger partial charge in [-0.3, -0.25) is 0 Å². The lowest BCUT2D eigenvalue weighted by atomic mass is 10.1. The highest BCUT2D eigenvalue weighted by molar-refractivity contribution is 5.62. The molecule has 1 aromatic carbocycles. The summed E-state index contributed by atoms with van der Waals surface area (Å²) in [4.78, 5) is 10.1. The van der Waals surface area contributed by atoms with E-state index in [-0.39, 0.29) is 11.5 Å². The normalized spacial score (nSPS) is 14.5. The Kier molecular flexibility index (Phi) is 6.33. The summed E-state index contributed by atoms with van der Waals surface area (Å²) in [5.41, 5.74) is 0.337. The van der Waals surface area contributed by atoms with Crippen molar-refractivity contribution in [3.63, 3.8) is 0 Å². The van der Waals surface area contributed by atoms with E-state index in [0.29, 0.717) is 37.7 Å². The smallest absolute Gasteiger partial charge is 0.216 e. The number of ether oxygens (including phenoxy) is 2. The highest BCUT2D eigenvalue weighted by atomic mass is 19.1. The van der Waals surface area contributed by atoms with Crippen molar-refractivity contribution in [2.24, 2.45) is 0 Å². The summed E-state index contributed by atoms with van der Waals surface area (Å²) in [6.07, 6.45) is 5.24. The van der Waals surface area contributed by atoms with Gasteiger partial charge in [0.2, 0.25) is 5.88 Å². The second-order valence-corrected chi connectivity index (χ2v) is 6.25. The highest BCUT2D eigenvalue weighted by Crippen LogP contribution is 2.30. The molecule has 140 valence electrons. The van der Waals surface area contributed by atoms with Crippen molar-refractivity contribution in [2.75, 3.05) is 38.3 Å². The van der Waals surface area contributed by atoms with Crippen LogP contribution in [0, 0.1) is 11.6 Å². The molecule has 26 heavy (non-hydrogen) atoms. The van der Waals surface area contributed by atoms with Crippen LogP contribution in [0.5, 0.6) is 5.88 Å². The van der Waals surface area contributed by atoms with Crippen molar-refractivity contribution >= 4 is 5.69 Å². The molecule has 5 nitrogen and oxygen atoms in total. The molecule has 0 unspecified atom stereocenters. The van der Waals surface area contributed by atoms with Crippen molar-refractivity contribution in [1.82, 2.24) is 9.97 Å². The third kappa shape index (κ3) is 4.46. The quantitative estimate of drug-likeness (QED) is 0.700. The van der Waals surface area contributed by atoms with Crippen LogP contribution >= 0.6 is 0 Å². The van der Waals surface area contributed by atoms with Crippen LogP contribution in [-0.2, 0) is 4.74 Å². The third-order valence-electron chi connectivity index (χ3n) is 4.32. The van der Waals surface area contributed by atoms with E-state index in [1.54, 1.807) is 18.1 Å². The molecular weight excluding hydrogens is 340 g/mol. The number of hydrogen-bond acceptors (Lipinski definition) is 5. The van der Waals surface area contributed by atoms with Gasteiger partial charge in [0.15, 0.2) is 5.82 Å². The summed E-state index contributed by atoms with van der Waals surface area (Å²) in [5.74, 6) is -0.571. The predicted molar refractivity (Wildman–Crippen MR) is 95.4 cm³/mol. The van der Waals surface area contributed by atoms with Crippen LogP contribution in [0.2, 0.25) is 0 Å². The van der Waals surface area contributed by atoms with Crippen LogP contribution in [0.15, 0.2) is 24.4 Å². The number of benzene rings is 1. The second kappa shape index (κ2) is 8.89. The Balaban J connectivity index is 1.79. The maximum Gasteiger partial charge on any atom is 0.216 e. The average Bonchev–Trinajstić information content (AvgIpc) is 2.66. The number of methoxy groups -OCH3 is 1. The maximum atomic E-state index is 14.6. The van der Waals surface area contributed by atoms with E-state index >= 15 is 0 Å². The van der Waals surface area contributed by atoms with Crippen molar-refractivity contribution in [3.05, 3.63) is 36.0 Å². The van der Waals surface area contributed by atoms with Gasteiger partial charge < -0.3 is 14.4 Å². The van der Waals surface area contributed by atoms with Crippen molar-refractivity contribution in [1.29, 1.82) is 0 Å². The van der Waals surface area contributed by atoms with Crippen LogP contribution in [0.25, 0.3) is 11.4 Å².